The molecule has 0 spiro atoms. The number of nitrogens with one attached hydrogen (secondary N) is 1. The van der Waals surface area contributed by atoms with Crippen LogP contribution < -0.4 is 10.2 Å². The molecule has 7 heteroatoms. The molecule has 0 saturated carbocycles. The predicted molar refractivity (Wildman–Crippen MR) is 142 cm³/mol. The van der Waals surface area contributed by atoms with E-state index in [0.717, 1.165) is 64.1 Å². The molecule has 0 radical (unpaired) electrons. The summed E-state index contributed by atoms with van der Waals surface area (Å²) in [5.41, 5.74) is 5.72. The molecule has 5 rings (SSSR count). The second-order valence-electron chi connectivity index (χ2n) is 8.99. The van der Waals surface area contributed by atoms with Crippen LogP contribution in [0.4, 0.5) is 17.3 Å². The van der Waals surface area contributed by atoms with Crippen LogP contribution in [0.2, 0.25) is 0 Å². The fourth-order valence-electron chi connectivity index (χ4n) is 4.87. The lowest BCUT2D eigenvalue weighted by atomic mass is 9.98. The monoisotopic (exact) mass is 468 g/mol. The predicted octanol–water partition coefficient (Wildman–Crippen LogP) is 6.23. The Morgan fingerprint density at radius 1 is 1.23 bits per heavy atom. The van der Waals surface area contributed by atoms with Gasteiger partial charge in [0.2, 0.25) is 0 Å². The van der Waals surface area contributed by atoms with Gasteiger partial charge >= 0.3 is 0 Å². The zero-order valence-electron chi connectivity index (χ0n) is 20.8. The topological polar surface area (TPSA) is 67.6 Å². The third kappa shape index (κ3) is 4.46. The van der Waals surface area contributed by atoms with Gasteiger partial charge in [0.15, 0.2) is 5.65 Å². The number of aromatic nitrogens is 4. The van der Waals surface area contributed by atoms with Crippen molar-refractivity contribution in [1.82, 2.24) is 19.6 Å². The van der Waals surface area contributed by atoms with E-state index in [0.29, 0.717) is 6.04 Å². The van der Waals surface area contributed by atoms with E-state index in [4.69, 9.17) is 14.8 Å². The number of pyridine rings is 1. The third-order valence-electron chi connectivity index (χ3n) is 6.69. The van der Waals surface area contributed by atoms with Crippen molar-refractivity contribution in [1.29, 1.82) is 0 Å². The Balaban J connectivity index is 1.55. The molecule has 3 aromatic heterocycles. The second-order valence-corrected chi connectivity index (χ2v) is 8.99. The summed E-state index contributed by atoms with van der Waals surface area (Å²) in [4.78, 5) is 11.8. The summed E-state index contributed by atoms with van der Waals surface area (Å²) in [7, 11) is 1.72. The van der Waals surface area contributed by atoms with E-state index in [2.05, 4.69) is 78.4 Å². The fourth-order valence-corrected chi connectivity index (χ4v) is 4.87. The highest BCUT2D eigenvalue weighted by molar-refractivity contribution is 5.80. The van der Waals surface area contributed by atoms with Crippen molar-refractivity contribution in [2.45, 2.75) is 46.1 Å². The maximum absolute atomic E-state index is 5.67. The minimum absolute atomic E-state index is 0.512. The van der Waals surface area contributed by atoms with E-state index in [1.165, 1.54) is 12.8 Å². The molecule has 0 aliphatic carbocycles. The molecule has 1 aliphatic heterocycles. The first-order chi connectivity index (χ1) is 17.1. The van der Waals surface area contributed by atoms with Gasteiger partial charge in [-0.3, -0.25) is 0 Å². The number of benzene rings is 1. The van der Waals surface area contributed by atoms with Gasteiger partial charge in [-0.05, 0) is 62.9 Å². The molecule has 1 N–H and O–H groups in total. The maximum atomic E-state index is 5.67. The molecule has 7 nitrogen and oxygen atoms in total. The van der Waals surface area contributed by atoms with E-state index < -0.39 is 0 Å². The number of nitrogens with zero attached hydrogens (tertiary/aromatic N) is 5. The fraction of sp³-hybridized carbons (Fsp3) is 0.321. The number of fused-ring (bicyclic) bond motifs is 1. The molecular formula is C28H32N6O. The number of imidazole rings is 1. The summed E-state index contributed by atoms with van der Waals surface area (Å²) < 4.78 is 7.49. The van der Waals surface area contributed by atoms with Gasteiger partial charge in [-0.2, -0.15) is 5.10 Å². The van der Waals surface area contributed by atoms with E-state index >= 15 is 0 Å². The van der Waals surface area contributed by atoms with Crippen LogP contribution in [0.3, 0.4) is 0 Å². The summed E-state index contributed by atoms with van der Waals surface area (Å²) in [6, 6.07) is 14.9. The Kier molecular flexibility index (Phi) is 6.40. The number of methoxy groups -OCH3 is 1. The lowest BCUT2D eigenvalue weighted by molar-refractivity contribution is 0.368. The number of ether oxygens (including phenoxy) is 1. The minimum atomic E-state index is 0.512. The third-order valence-corrected chi connectivity index (χ3v) is 6.69. The Morgan fingerprint density at radius 2 is 2.09 bits per heavy atom. The quantitative estimate of drug-likeness (QED) is 0.324. The highest BCUT2D eigenvalue weighted by Gasteiger charge is 2.22. The van der Waals surface area contributed by atoms with Crippen molar-refractivity contribution < 1.29 is 4.74 Å². The lowest BCUT2D eigenvalue weighted by Crippen LogP contribution is -2.27. The molecule has 0 bridgehead atoms. The number of anilines is 3. The normalized spacial score (nSPS) is 16.2. The maximum Gasteiger partial charge on any atom is 0.177 e. The van der Waals surface area contributed by atoms with Gasteiger partial charge in [0.05, 0.1) is 18.5 Å². The van der Waals surface area contributed by atoms with Gasteiger partial charge in [-0.15, -0.1) is 0 Å². The van der Waals surface area contributed by atoms with E-state index in [9.17, 15) is 0 Å². The van der Waals surface area contributed by atoms with Crippen LogP contribution in [-0.2, 0) is 4.74 Å². The van der Waals surface area contributed by atoms with Gasteiger partial charge in [-0.25, -0.2) is 14.5 Å². The highest BCUT2D eigenvalue weighted by atomic mass is 16.5. The average Bonchev–Trinajstić information content (AvgIpc) is 3.52. The highest BCUT2D eigenvalue weighted by Crippen LogP contribution is 2.32. The number of hydrogen-bond acceptors (Lipinski definition) is 6. The first-order valence-corrected chi connectivity index (χ1v) is 12.3. The van der Waals surface area contributed by atoms with Crippen molar-refractivity contribution in [3.05, 3.63) is 72.1 Å². The molecular weight excluding hydrogens is 436 g/mol. The van der Waals surface area contributed by atoms with Gasteiger partial charge in [0.25, 0.3) is 0 Å². The molecule has 4 aromatic rings. The smallest absolute Gasteiger partial charge is 0.177 e. The Hall–Kier alpha value is -3.87. The van der Waals surface area contributed by atoms with E-state index in [1.807, 2.05) is 16.8 Å². The SMILES string of the molecule is CC/C=C(/OC)c1cccc(-c2cc(Nc3cccc(N4CCCC4C)n3)c3nccn3n2)c1C. The van der Waals surface area contributed by atoms with Crippen molar-refractivity contribution in [3.8, 4) is 11.3 Å². The zero-order valence-corrected chi connectivity index (χ0v) is 20.8. The first-order valence-electron chi connectivity index (χ1n) is 12.3. The molecule has 1 fully saturated rings. The van der Waals surface area contributed by atoms with Crippen LogP contribution in [0, 0.1) is 6.92 Å². The Labute approximate surface area is 206 Å². The van der Waals surface area contributed by atoms with Crippen LogP contribution in [0.25, 0.3) is 22.7 Å². The molecule has 0 amide bonds. The van der Waals surface area contributed by atoms with Crippen molar-refractivity contribution in [2.24, 2.45) is 0 Å². The molecule has 1 atom stereocenters. The summed E-state index contributed by atoms with van der Waals surface area (Å²) in [6.45, 7) is 7.53. The van der Waals surface area contributed by atoms with Crippen LogP contribution in [0.15, 0.2) is 60.9 Å². The van der Waals surface area contributed by atoms with Crippen LogP contribution in [-0.4, -0.2) is 39.3 Å². The molecule has 1 unspecified atom stereocenters. The van der Waals surface area contributed by atoms with Gasteiger partial charge in [0, 0.05) is 36.1 Å². The molecule has 4 heterocycles. The number of allylic oxidation sites excluding steroid dienone is 1. The minimum Gasteiger partial charge on any atom is -0.496 e. The summed E-state index contributed by atoms with van der Waals surface area (Å²) >= 11 is 0. The first kappa shape index (κ1) is 22.9. The Morgan fingerprint density at radius 3 is 2.86 bits per heavy atom. The largest absolute Gasteiger partial charge is 0.496 e. The summed E-state index contributed by atoms with van der Waals surface area (Å²) in [5, 5.41) is 8.37. The van der Waals surface area contributed by atoms with Crippen LogP contribution >= 0.6 is 0 Å². The number of rotatable bonds is 7. The molecule has 1 aromatic carbocycles. The second kappa shape index (κ2) is 9.78. The zero-order chi connectivity index (χ0) is 24.4. The molecule has 35 heavy (non-hydrogen) atoms. The average molecular weight is 469 g/mol. The van der Waals surface area contributed by atoms with E-state index in [1.54, 1.807) is 13.3 Å². The van der Waals surface area contributed by atoms with Gasteiger partial charge in [0.1, 0.15) is 17.4 Å². The van der Waals surface area contributed by atoms with Gasteiger partial charge in [-0.1, -0.05) is 31.2 Å². The van der Waals surface area contributed by atoms with Crippen LogP contribution in [0.1, 0.15) is 44.2 Å². The summed E-state index contributed by atoms with van der Waals surface area (Å²) in [5.74, 6) is 2.68. The Bertz CT molecular complexity index is 1380. The van der Waals surface area contributed by atoms with Gasteiger partial charge < -0.3 is 15.0 Å². The van der Waals surface area contributed by atoms with Crippen molar-refractivity contribution in [3.63, 3.8) is 0 Å². The standard InChI is InChI=1S/C28H32N6O/c1-5-9-25(35-4)22-12-6-11-21(20(22)3)23-18-24(28-29-15-17-34(28)32-23)30-26-13-7-14-27(31-26)33-16-8-10-19(33)2/h6-7,9,11-15,17-19H,5,8,10,16H2,1-4H3,(H,30,31)/b25-9+. The van der Waals surface area contributed by atoms with E-state index in [-0.39, 0.29) is 0 Å². The summed E-state index contributed by atoms with van der Waals surface area (Å²) in [6.07, 6.45) is 9.06. The van der Waals surface area contributed by atoms with Crippen molar-refractivity contribution in [2.75, 3.05) is 23.9 Å². The molecule has 1 saturated heterocycles. The lowest BCUT2D eigenvalue weighted by Gasteiger charge is -2.23. The number of hydrogen-bond donors (Lipinski definition) is 1. The van der Waals surface area contributed by atoms with Crippen LogP contribution in [0.5, 0.6) is 0 Å². The van der Waals surface area contributed by atoms with Crippen molar-refractivity contribution >= 4 is 28.7 Å². The molecule has 180 valence electrons. The molecule has 1 aliphatic rings.